The summed E-state index contributed by atoms with van der Waals surface area (Å²) in [5.74, 6) is -1.76. The van der Waals surface area contributed by atoms with Gasteiger partial charge in [0.2, 0.25) is 0 Å². The van der Waals surface area contributed by atoms with Gasteiger partial charge in [0.05, 0.1) is 17.1 Å². The van der Waals surface area contributed by atoms with Crippen LogP contribution in [0.5, 0.6) is 0 Å². The summed E-state index contributed by atoms with van der Waals surface area (Å²) in [6.07, 6.45) is 1.72. The van der Waals surface area contributed by atoms with Crippen LogP contribution in [-0.4, -0.2) is 14.5 Å². The first kappa shape index (κ1) is 12.4. The highest BCUT2D eigenvalue weighted by Gasteiger charge is 2.14. The molecule has 3 rings (SSSR count). The Kier molecular flexibility index (Phi) is 2.94. The topological polar surface area (TPSA) is 33.6 Å². The van der Waals surface area contributed by atoms with Gasteiger partial charge < -0.3 is 9.55 Å². The molecule has 3 aromatic rings. The minimum absolute atomic E-state index is 0.163. The Bertz CT molecular complexity index is 816. The highest BCUT2D eigenvalue weighted by atomic mass is 32.1. The van der Waals surface area contributed by atoms with Gasteiger partial charge in [0, 0.05) is 11.1 Å². The van der Waals surface area contributed by atoms with Gasteiger partial charge >= 0.3 is 0 Å². The Hall–Kier alpha value is -1.60. The van der Waals surface area contributed by atoms with E-state index in [9.17, 15) is 8.78 Å². The number of halogens is 2. The maximum atomic E-state index is 13.9. The largest absolute Gasteiger partial charge is 0.330 e. The number of thiazole rings is 1. The molecule has 0 fully saturated rings. The van der Waals surface area contributed by atoms with E-state index in [-0.39, 0.29) is 5.52 Å². The molecular weight excluding hydrogens is 288 g/mol. The fourth-order valence-electron chi connectivity index (χ4n) is 1.97. The van der Waals surface area contributed by atoms with Gasteiger partial charge in [0.15, 0.2) is 16.4 Å². The number of H-pyrrole nitrogens is 1. The van der Waals surface area contributed by atoms with Crippen molar-refractivity contribution in [2.24, 2.45) is 0 Å². The molecule has 19 heavy (non-hydrogen) atoms. The maximum absolute atomic E-state index is 13.9. The second-order valence-electron chi connectivity index (χ2n) is 4.12. The lowest BCUT2D eigenvalue weighted by molar-refractivity contribution is 0.512. The van der Waals surface area contributed by atoms with E-state index in [0.29, 0.717) is 16.8 Å². The van der Waals surface area contributed by atoms with E-state index in [4.69, 9.17) is 12.2 Å². The summed E-state index contributed by atoms with van der Waals surface area (Å²) >= 11 is 6.67. The molecule has 98 valence electrons. The van der Waals surface area contributed by atoms with E-state index in [1.54, 1.807) is 10.8 Å². The predicted octanol–water partition coefficient (Wildman–Crippen LogP) is 3.79. The number of aryl methyl sites for hydroxylation is 1. The van der Waals surface area contributed by atoms with E-state index in [1.165, 1.54) is 17.4 Å². The molecule has 0 aliphatic heterocycles. The molecule has 1 aromatic carbocycles. The van der Waals surface area contributed by atoms with Crippen molar-refractivity contribution in [3.8, 4) is 0 Å². The van der Waals surface area contributed by atoms with E-state index in [1.807, 2.05) is 6.92 Å². The van der Waals surface area contributed by atoms with E-state index >= 15 is 0 Å². The quantitative estimate of drug-likeness (QED) is 0.730. The van der Waals surface area contributed by atoms with Crippen LogP contribution in [0.2, 0.25) is 0 Å². The normalized spacial score (nSPS) is 11.3. The number of nitrogens with one attached hydrogen (secondary N) is 1. The Morgan fingerprint density at radius 2 is 2.21 bits per heavy atom. The number of imidazole rings is 1. The van der Waals surface area contributed by atoms with Crippen molar-refractivity contribution in [3.05, 3.63) is 44.6 Å². The maximum Gasteiger partial charge on any atom is 0.184 e. The molecule has 0 aliphatic carbocycles. The Labute approximate surface area is 116 Å². The zero-order valence-corrected chi connectivity index (χ0v) is 11.5. The Balaban J connectivity index is 2.20. The van der Waals surface area contributed by atoms with Crippen molar-refractivity contribution in [2.45, 2.75) is 13.5 Å². The molecule has 0 atom stereocenters. The SMILES string of the molecule is Cc1ncc(Cn2c(=S)[nH]c3ccc(F)c(F)c32)s1. The molecule has 0 aliphatic rings. The van der Waals surface area contributed by atoms with Crippen molar-refractivity contribution in [2.75, 3.05) is 0 Å². The van der Waals surface area contributed by atoms with Gasteiger partial charge in [0.1, 0.15) is 5.52 Å². The Morgan fingerprint density at radius 1 is 1.42 bits per heavy atom. The summed E-state index contributed by atoms with van der Waals surface area (Å²) in [6, 6.07) is 2.57. The van der Waals surface area contributed by atoms with Crippen LogP contribution >= 0.6 is 23.6 Å². The van der Waals surface area contributed by atoms with Crippen LogP contribution < -0.4 is 0 Å². The molecule has 2 heterocycles. The van der Waals surface area contributed by atoms with E-state index < -0.39 is 11.6 Å². The standard InChI is InChI=1S/C12H9F2N3S2/c1-6-15-4-7(19-6)5-17-11-9(16-12(17)18)3-2-8(13)10(11)14/h2-4H,5H2,1H3,(H,16,18). The number of rotatable bonds is 2. The van der Waals surface area contributed by atoms with Gasteiger partial charge in [-0.15, -0.1) is 11.3 Å². The monoisotopic (exact) mass is 297 g/mol. The smallest absolute Gasteiger partial charge is 0.184 e. The summed E-state index contributed by atoms with van der Waals surface area (Å²) in [6.45, 7) is 2.27. The van der Waals surface area contributed by atoms with Crippen molar-refractivity contribution in [1.82, 2.24) is 14.5 Å². The molecule has 0 amide bonds. The molecule has 1 N–H and O–H groups in total. The molecule has 0 radical (unpaired) electrons. The zero-order valence-electron chi connectivity index (χ0n) is 9.91. The predicted molar refractivity (Wildman–Crippen MR) is 73.0 cm³/mol. The zero-order chi connectivity index (χ0) is 13.6. The summed E-state index contributed by atoms with van der Waals surface area (Å²) in [4.78, 5) is 7.96. The van der Waals surface area contributed by atoms with Gasteiger partial charge in [0.25, 0.3) is 0 Å². The number of aromatic amines is 1. The van der Waals surface area contributed by atoms with E-state index in [2.05, 4.69) is 9.97 Å². The van der Waals surface area contributed by atoms with E-state index in [0.717, 1.165) is 16.0 Å². The average molecular weight is 297 g/mol. The van der Waals surface area contributed by atoms with Gasteiger partial charge in [-0.05, 0) is 31.3 Å². The molecule has 0 spiro atoms. The lowest BCUT2D eigenvalue weighted by Crippen LogP contribution is -2.00. The molecule has 0 saturated heterocycles. The number of aromatic nitrogens is 3. The van der Waals surface area contributed by atoms with Gasteiger partial charge in [-0.3, -0.25) is 0 Å². The summed E-state index contributed by atoms with van der Waals surface area (Å²) in [5, 5.41) is 0.924. The second-order valence-corrected chi connectivity index (χ2v) is 5.83. The average Bonchev–Trinajstić information content (AvgIpc) is 2.90. The fraction of sp³-hybridized carbons (Fsp3) is 0.167. The lowest BCUT2D eigenvalue weighted by Gasteiger charge is -2.03. The first-order chi connectivity index (χ1) is 9.06. The number of fused-ring (bicyclic) bond motifs is 1. The highest BCUT2D eigenvalue weighted by Crippen LogP contribution is 2.22. The third-order valence-corrected chi connectivity index (χ3v) is 4.03. The van der Waals surface area contributed by atoms with Crippen LogP contribution in [-0.2, 0) is 6.54 Å². The van der Waals surface area contributed by atoms with Crippen molar-refractivity contribution in [1.29, 1.82) is 0 Å². The number of hydrogen-bond donors (Lipinski definition) is 1. The van der Waals surface area contributed by atoms with Gasteiger partial charge in [-0.1, -0.05) is 0 Å². The lowest BCUT2D eigenvalue weighted by atomic mass is 10.3. The molecular formula is C12H9F2N3S2. The van der Waals surface area contributed by atoms with Crippen molar-refractivity contribution in [3.63, 3.8) is 0 Å². The van der Waals surface area contributed by atoms with Crippen LogP contribution in [0.3, 0.4) is 0 Å². The number of hydrogen-bond acceptors (Lipinski definition) is 3. The highest BCUT2D eigenvalue weighted by molar-refractivity contribution is 7.71. The molecule has 3 nitrogen and oxygen atoms in total. The third-order valence-electron chi connectivity index (χ3n) is 2.81. The number of benzene rings is 1. The molecule has 0 bridgehead atoms. The van der Waals surface area contributed by atoms with Crippen molar-refractivity contribution < 1.29 is 8.78 Å². The van der Waals surface area contributed by atoms with Crippen LogP contribution in [0.15, 0.2) is 18.3 Å². The van der Waals surface area contributed by atoms with Crippen molar-refractivity contribution >= 4 is 34.6 Å². The third kappa shape index (κ3) is 2.08. The second kappa shape index (κ2) is 4.50. The summed E-state index contributed by atoms with van der Waals surface area (Å²) in [7, 11) is 0. The first-order valence-electron chi connectivity index (χ1n) is 5.54. The van der Waals surface area contributed by atoms with Crippen LogP contribution in [0.1, 0.15) is 9.88 Å². The molecule has 0 saturated carbocycles. The summed E-state index contributed by atoms with van der Waals surface area (Å²) < 4.78 is 29.2. The molecule has 2 aromatic heterocycles. The minimum Gasteiger partial charge on any atom is -0.330 e. The van der Waals surface area contributed by atoms with Crippen LogP contribution in [0, 0.1) is 23.3 Å². The van der Waals surface area contributed by atoms with Gasteiger partial charge in [-0.2, -0.15) is 0 Å². The fourth-order valence-corrected chi connectivity index (χ4v) is 3.02. The number of nitrogens with zero attached hydrogens (tertiary/aromatic N) is 2. The first-order valence-corrected chi connectivity index (χ1v) is 6.76. The Morgan fingerprint density at radius 3 is 2.89 bits per heavy atom. The van der Waals surface area contributed by atoms with Crippen LogP contribution in [0.4, 0.5) is 8.78 Å². The van der Waals surface area contributed by atoms with Crippen LogP contribution in [0.25, 0.3) is 11.0 Å². The summed E-state index contributed by atoms with van der Waals surface area (Å²) in [5.41, 5.74) is 0.654. The molecule has 7 heteroatoms. The minimum atomic E-state index is -0.883. The van der Waals surface area contributed by atoms with Gasteiger partial charge in [-0.25, -0.2) is 13.8 Å². The molecule has 0 unspecified atom stereocenters.